The summed E-state index contributed by atoms with van der Waals surface area (Å²) in [7, 11) is 0. The monoisotopic (exact) mass is 252 g/mol. The third kappa shape index (κ3) is 2.85. The van der Waals surface area contributed by atoms with Crippen LogP contribution in [0.5, 0.6) is 0 Å². The second kappa shape index (κ2) is 5.61. The van der Waals surface area contributed by atoms with Crippen LogP contribution in [-0.4, -0.2) is 49.5 Å². The van der Waals surface area contributed by atoms with Crippen LogP contribution in [0, 0.1) is 0 Å². The number of carbonyl (C=O) groups excluding carboxylic acids is 1. The SMILES string of the molecule is O=C(O)C1CCCCCN1C(=O)Cn1ccnn1. The van der Waals surface area contributed by atoms with Gasteiger partial charge in [0.15, 0.2) is 0 Å². The Bertz CT molecular complexity index is 418. The van der Waals surface area contributed by atoms with E-state index in [1.165, 1.54) is 15.8 Å². The number of nitrogens with zero attached hydrogens (tertiary/aromatic N) is 4. The summed E-state index contributed by atoms with van der Waals surface area (Å²) in [5, 5.41) is 16.5. The van der Waals surface area contributed by atoms with E-state index in [2.05, 4.69) is 10.3 Å². The summed E-state index contributed by atoms with van der Waals surface area (Å²) in [4.78, 5) is 24.8. The van der Waals surface area contributed by atoms with E-state index in [4.69, 9.17) is 0 Å². The first-order chi connectivity index (χ1) is 8.68. The predicted molar refractivity (Wildman–Crippen MR) is 61.6 cm³/mol. The fourth-order valence-electron chi connectivity index (χ4n) is 2.21. The number of carbonyl (C=O) groups is 2. The molecule has 0 aromatic carbocycles. The van der Waals surface area contributed by atoms with Gasteiger partial charge in [0, 0.05) is 12.7 Å². The fraction of sp³-hybridized carbons (Fsp3) is 0.636. The Balaban J connectivity index is 2.07. The molecule has 1 aliphatic rings. The lowest BCUT2D eigenvalue weighted by molar-refractivity contribution is -0.150. The Morgan fingerprint density at radius 3 is 2.83 bits per heavy atom. The van der Waals surface area contributed by atoms with Gasteiger partial charge in [0.05, 0.1) is 6.20 Å². The van der Waals surface area contributed by atoms with Crippen LogP contribution in [0.3, 0.4) is 0 Å². The minimum Gasteiger partial charge on any atom is -0.480 e. The molecule has 1 aromatic rings. The summed E-state index contributed by atoms with van der Waals surface area (Å²) in [6.07, 6.45) is 6.28. The Morgan fingerprint density at radius 2 is 2.17 bits per heavy atom. The fourth-order valence-corrected chi connectivity index (χ4v) is 2.21. The molecular weight excluding hydrogens is 236 g/mol. The number of hydrogen-bond donors (Lipinski definition) is 1. The molecule has 2 heterocycles. The standard InChI is InChI=1S/C11H16N4O3/c16-10(8-14-7-5-12-13-14)15-6-3-1-2-4-9(15)11(17)18/h5,7,9H,1-4,6,8H2,(H,17,18). The van der Waals surface area contributed by atoms with Crippen molar-refractivity contribution in [1.29, 1.82) is 0 Å². The number of hydrogen-bond acceptors (Lipinski definition) is 4. The van der Waals surface area contributed by atoms with Crippen molar-refractivity contribution in [3.8, 4) is 0 Å². The van der Waals surface area contributed by atoms with Crippen molar-refractivity contribution >= 4 is 11.9 Å². The molecule has 0 aliphatic carbocycles. The predicted octanol–water partition coefficient (Wildman–Crippen LogP) is 0.134. The molecule has 0 saturated carbocycles. The molecule has 1 unspecified atom stereocenters. The largest absolute Gasteiger partial charge is 0.480 e. The van der Waals surface area contributed by atoms with Gasteiger partial charge in [-0.05, 0) is 12.8 Å². The van der Waals surface area contributed by atoms with Crippen molar-refractivity contribution in [2.75, 3.05) is 6.54 Å². The number of rotatable bonds is 3. The molecule has 1 N–H and O–H groups in total. The minimum atomic E-state index is -0.927. The highest BCUT2D eigenvalue weighted by atomic mass is 16.4. The lowest BCUT2D eigenvalue weighted by Gasteiger charge is -2.26. The van der Waals surface area contributed by atoms with Crippen LogP contribution in [0.4, 0.5) is 0 Å². The molecular formula is C11H16N4O3. The molecule has 1 aliphatic heterocycles. The third-order valence-electron chi connectivity index (χ3n) is 3.13. The quantitative estimate of drug-likeness (QED) is 0.826. The van der Waals surface area contributed by atoms with Crippen molar-refractivity contribution in [2.45, 2.75) is 38.3 Å². The molecule has 1 atom stereocenters. The van der Waals surface area contributed by atoms with Gasteiger partial charge in [-0.2, -0.15) is 0 Å². The zero-order valence-electron chi connectivity index (χ0n) is 10.0. The van der Waals surface area contributed by atoms with Crippen molar-refractivity contribution in [3.05, 3.63) is 12.4 Å². The number of carboxylic acid groups (broad SMARTS) is 1. The first-order valence-corrected chi connectivity index (χ1v) is 6.05. The van der Waals surface area contributed by atoms with Gasteiger partial charge in [-0.25, -0.2) is 9.48 Å². The highest BCUT2D eigenvalue weighted by Gasteiger charge is 2.30. The molecule has 2 rings (SSSR count). The van der Waals surface area contributed by atoms with E-state index in [0.29, 0.717) is 13.0 Å². The summed E-state index contributed by atoms with van der Waals surface area (Å²) in [5.41, 5.74) is 0. The Hall–Kier alpha value is -1.92. The van der Waals surface area contributed by atoms with Crippen LogP contribution in [0.1, 0.15) is 25.7 Å². The van der Waals surface area contributed by atoms with E-state index >= 15 is 0 Å². The van der Waals surface area contributed by atoms with Gasteiger partial charge in [0.1, 0.15) is 12.6 Å². The molecule has 1 fully saturated rings. The van der Waals surface area contributed by atoms with Crippen LogP contribution >= 0.6 is 0 Å². The lowest BCUT2D eigenvalue weighted by Crippen LogP contribution is -2.46. The highest BCUT2D eigenvalue weighted by Crippen LogP contribution is 2.17. The zero-order valence-corrected chi connectivity index (χ0v) is 10.0. The number of amides is 1. The average molecular weight is 252 g/mol. The van der Waals surface area contributed by atoms with Crippen LogP contribution in [0.15, 0.2) is 12.4 Å². The van der Waals surface area contributed by atoms with E-state index < -0.39 is 12.0 Å². The van der Waals surface area contributed by atoms with E-state index in [1.807, 2.05) is 0 Å². The molecule has 1 aromatic heterocycles. The van der Waals surface area contributed by atoms with Crippen LogP contribution in [0.2, 0.25) is 0 Å². The normalized spacial score (nSPS) is 20.4. The molecule has 7 heteroatoms. The van der Waals surface area contributed by atoms with Crippen molar-refractivity contribution in [3.63, 3.8) is 0 Å². The maximum Gasteiger partial charge on any atom is 0.326 e. The molecule has 0 bridgehead atoms. The topological polar surface area (TPSA) is 88.3 Å². The van der Waals surface area contributed by atoms with E-state index in [-0.39, 0.29) is 12.5 Å². The molecule has 18 heavy (non-hydrogen) atoms. The third-order valence-corrected chi connectivity index (χ3v) is 3.13. The van der Waals surface area contributed by atoms with Gasteiger partial charge in [-0.3, -0.25) is 4.79 Å². The van der Waals surface area contributed by atoms with Gasteiger partial charge >= 0.3 is 5.97 Å². The average Bonchev–Trinajstić information content (AvgIpc) is 2.70. The summed E-state index contributed by atoms with van der Waals surface area (Å²) in [6.45, 7) is 0.550. The maximum atomic E-state index is 12.1. The van der Waals surface area contributed by atoms with Gasteiger partial charge in [0.25, 0.3) is 0 Å². The van der Waals surface area contributed by atoms with Crippen LogP contribution < -0.4 is 0 Å². The highest BCUT2D eigenvalue weighted by molar-refractivity contribution is 5.83. The number of carboxylic acids is 1. The summed E-state index contributed by atoms with van der Waals surface area (Å²) in [6, 6.07) is -0.705. The second-order valence-electron chi connectivity index (χ2n) is 4.39. The van der Waals surface area contributed by atoms with Crippen molar-refractivity contribution in [1.82, 2.24) is 19.9 Å². The lowest BCUT2D eigenvalue weighted by atomic mass is 10.1. The number of likely N-dealkylation sites (tertiary alicyclic amines) is 1. The van der Waals surface area contributed by atoms with E-state index in [1.54, 1.807) is 6.20 Å². The summed E-state index contributed by atoms with van der Waals surface area (Å²) < 4.78 is 1.41. The molecule has 1 saturated heterocycles. The summed E-state index contributed by atoms with van der Waals surface area (Å²) >= 11 is 0. The van der Waals surface area contributed by atoms with Crippen molar-refractivity contribution in [2.24, 2.45) is 0 Å². The Morgan fingerprint density at radius 1 is 1.33 bits per heavy atom. The van der Waals surface area contributed by atoms with Gasteiger partial charge in [-0.1, -0.05) is 18.1 Å². The van der Waals surface area contributed by atoms with Gasteiger partial charge < -0.3 is 10.0 Å². The molecule has 0 radical (unpaired) electrons. The first kappa shape index (κ1) is 12.5. The number of aromatic nitrogens is 3. The van der Waals surface area contributed by atoms with Gasteiger partial charge in [-0.15, -0.1) is 5.10 Å². The van der Waals surface area contributed by atoms with E-state index in [9.17, 15) is 14.7 Å². The van der Waals surface area contributed by atoms with Crippen LogP contribution in [0.25, 0.3) is 0 Å². The van der Waals surface area contributed by atoms with Crippen molar-refractivity contribution < 1.29 is 14.7 Å². The molecule has 7 nitrogen and oxygen atoms in total. The molecule has 1 amide bonds. The first-order valence-electron chi connectivity index (χ1n) is 6.05. The van der Waals surface area contributed by atoms with E-state index in [0.717, 1.165) is 19.3 Å². The molecule has 0 spiro atoms. The summed E-state index contributed by atoms with van der Waals surface area (Å²) in [5.74, 6) is -1.14. The Labute approximate surface area is 104 Å². The second-order valence-corrected chi connectivity index (χ2v) is 4.39. The maximum absolute atomic E-state index is 12.1. The number of aliphatic carboxylic acids is 1. The van der Waals surface area contributed by atoms with Gasteiger partial charge in [0.2, 0.25) is 5.91 Å². The zero-order chi connectivity index (χ0) is 13.0. The smallest absolute Gasteiger partial charge is 0.326 e. The minimum absolute atomic E-state index is 0.0454. The Kier molecular flexibility index (Phi) is 3.91. The molecule has 98 valence electrons. The van der Waals surface area contributed by atoms with Crippen LogP contribution in [-0.2, 0) is 16.1 Å².